The normalized spacial score (nSPS) is 18.4. The number of rotatable bonds is 2. The topological polar surface area (TPSA) is 12.0 Å². The van der Waals surface area contributed by atoms with Crippen molar-refractivity contribution in [1.82, 2.24) is 5.32 Å². The highest BCUT2D eigenvalue weighted by Crippen LogP contribution is 2.26. The Kier molecular flexibility index (Phi) is 3.95. The van der Waals surface area contributed by atoms with Gasteiger partial charge in [0, 0.05) is 5.92 Å². The lowest BCUT2D eigenvalue weighted by Gasteiger charge is -2.21. The first-order chi connectivity index (χ1) is 8.18. The molecular weight excluding hydrogens is 213 g/mol. The molecule has 1 aromatic rings. The van der Waals surface area contributed by atoms with E-state index in [0.29, 0.717) is 0 Å². The van der Waals surface area contributed by atoms with E-state index in [4.69, 9.17) is 0 Å². The van der Waals surface area contributed by atoms with Crippen molar-refractivity contribution in [3.8, 4) is 0 Å². The number of benzene rings is 1. The van der Waals surface area contributed by atoms with Crippen LogP contribution >= 0.6 is 0 Å². The average molecular weight is 233 g/mol. The molecule has 0 saturated carbocycles. The predicted molar refractivity (Wildman–Crippen MR) is 70.6 cm³/mol. The van der Waals surface area contributed by atoms with Gasteiger partial charge in [-0.3, -0.25) is 0 Å². The maximum absolute atomic E-state index is 14.2. The van der Waals surface area contributed by atoms with Gasteiger partial charge in [0.1, 0.15) is 5.83 Å². The van der Waals surface area contributed by atoms with Crippen molar-refractivity contribution < 1.29 is 4.39 Å². The van der Waals surface area contributed by atoms with Gasteiger partial charge < -0.3 is 5.32 Å². The summed E-state index contributed by atoms with van der Waals surface area (Å²) in [6.45, 7) is 5.93. The first-order valence-electron chi connectivity index (χ1n) is 6.32. The average Bonchev–Trinajstić information content (AvgIpc) is 2.35. The predicted octanol–water partition coefficient (Wildman–Crippen LogP) is 3.61. The fraction of sp³-hybridized carbons (Fsp3) is 0.467. The van der Waals surface area contributed by atoms with Crippen molar-refractivity contribution >= 4 is 6.08 Å². The Morgan fingerprint density at radius 3 is 2.41 bits per heavy atom. The molecule has 1 saturated heterocycles. The number of aryl methyl sites for hydroxylation is 2. The van der Waals surface area contributed by atoms with E-state index in [1.54, 1.807) is 6.08 Å². The lowest BCUT2D eigenvalue weighted by Crippen LogP contribution is -2.27. The summed E-state index contributed by atoms with van der Waals surface area (Å²) in [7, 11) is 0. The fourth-order valence-corrected chi connectivity index (χ4v) is 2.41. The summed E-state index contributed by atoms with van der Waals surface area (Å²) in [5.41, 5.74) is 3.34. The van der Waals surface area contributed by atoms with Gasteiger partial charge >= 0.3 is 0 Å². The van der Waals surface area contributed by atoms with Gasteiger partial charge in [-0.1, -0.05) is 18.2 Å². The van der Waals surface area contributed by atoms with Crippen LogP contribution in [-0.4, -0.2) is 13.1 Å². The molecular formula is C15H20FN. The molecule has 2 rings (SSSR count). The maximum atomic E-state index is 14.2. The lowest BCUT2D eigenvalue weighted by atomic mass is 9.94. The third kappa shape index (κ3) is 2.95. The van der Waals surface area contributed by atoms with Crippen LogP contribution in [0.5, 0.6) is 0 Å². The first-order valence-corrected chi connectivity index (χ1v) is 6.32. The molecule has 1 aliphatic rings. The number of hydrogen-bond donors (Lipinski definition) is 1. The SMILES string of the molecule is Cc1cccc(C)c1C=C(F)C1CCNCC1. The van der Waals surface area contributed by atoms with Crippen molar-refractivity contribution in [2.45, 2.75) is 26.7 Å². The van der Waals surface area contributed by atoms with Crippen LogP contribution in [0.25, 0.3) is 6.08 Å². The van der Waals surface area contributed by atoms with E-state index in [-0.39, 0.29) is 11.7 Å². The van der Waals surface area contributed by atoms with Crippen molar-refractivity contribution in [3.63, 3.8) is 0 Å². The maximum Gasteiger partial charge on any atom is 0.104 e. The molecule has 0 aliphatic carbocycles. The van der Waals surface area contributed by atoms with Gasteiger partial charge in [-0.15, -0.1) is 0 Å². The number of halogens is 1. The molecule has 2 heteroatoms. The molecule has 1 N–H and O–H groups in total. The highest BCUT2D eigenvalue weighted by atomic mass is 19.1. The summed E-state index contributed by atoms with van der Waals surface area (Å²) in [6, 6.07) is 6.09. The first kappa shape index (κ1) is 12.3. The molecule has 1 aliphatic heterocycles. The zero-order chi connectivity index (χ0) is 12.3. The standard InChI is InChI=1S/C15H20FN/c1-11-4-3-5-12(2)14(11)10-15(16)13-6-8-17-9-7-13/h3-5,10,13,17H,6-9H2,1-2H3. The molecule has 0 aromatic heterocycles. The van der Waals surface area contributed by atoms with E-state index < -0.39 is 0 Å². The second-order valence-corrected chi connectivity index (χ2v) is 4.86. The number of piperidine rings is 1. The summed E-state index contributed by atoms with van der Waals surface area (Å²) in [6.07, 6.45) is 3.56. The summed E-state index contributed by atoms with van der Waals surface area (Å²) < 4.78 is 14.2. The Hall–Kier alpha value is -1.15. The molecule has 0 atom stereocenters. The fourth-order valence-electron chi connectivity index (χ4n) is 2.41. The smallest absolute Gasteiger partial charge is 0.104 e. The van der Waals surface area contributed by atoms with Crippen molar-refractivity contribution in [1.29, 1.82) is 0 Å². The third-order valence-electron chi connectivity index (χ3n) is 3.55. The number of hydrogen-bond acceptors (Lipinski definition) is 1. The quantitative estimate of drug-likeness (QED) is 0.822. The van der Waals surface area contributed by atoms with Crippen LogP contribution in [-0.2, 0) is 0 Å². The van der Waals surface area contributed by atoms with Gasteiger partial charge in [0.05, 0.1) is 0 Å². The Bertz CT molecular complexity index is 397. The van der Waals surface area contributed by atoms with Crippen molar-refractivity contribution in [3.05, 3.63) is 40.7 Å². The Labute approximate surface area is 103 Å². The van der Waals surface area contributed by atoms with Gasteiger partial charge in [-0.25, -0.2) is 4.39 Å². The molecule has 0 amide bonds. The van der Waals surface area contributed by atoms with Crippen molar-refractivity contribution in [2.75, 3.05) is 13.1 Å². The van der Waals surface area contributed by atoms with Gasteiger partial charge in [0.15, 0.2) is 0 Å². The van der Waals surface area contributed by atoms with Gasteiger partial charge in [-0.2, -0.15) is 0 Å². The van der Waals surface area contributed by atoms with Gasteiger partial charge in [0.2, 0.25) is 0 Å². The van der Waals surface area contributed by atoms with E-state index in [1.165, 1.54) is 0 Å². The lowest BCUT2D eigenvalue weighted by molar-refractivity contribution is 0.364. The molecule has 0 spiro atoms. The van der Waals surface area contributed by atoms with E-state index in [2.05, 4.69) is 5.32 Å². The van der Waals surface area contributed by atoms with Crippen LogP contribution in [0.4, 0.5) is 4.39 Å². The molecule has 92 valence electrons. The number of allylic oxidation sites excluding steroid dienone is 1. The zero-order valence-electron chi connectivity index (χ0n) is 10.6. The second kappa shape index (κ2) is 5.46. The van der Waals surface area contributed by atoms with Crippen LogP contribution in [0, 0.1) is 19.8 Å². The highest BCUT2D eigenvalue weighted by molar-refractivity contribution is 5.59. The van der Waals surface area contributed by atoms with E-state index >= 15 is 0 Å². The summed E-state index contributed by atoms with van der Waals surface area (Å²) in [5, 5.41) is 3.26. The molecule has 17 heavy (non-hydrogen) atoms. The van der Waals surface area contributed by atoms with Crippen LogP contribution in [0.2, 0.25) is 0 Å². The second-order valence-electron chi connectivity index (χ2n) is 4.86. The Morgan fingerprint density at radius 2 is 1.82 bits per heavy atom. The largest absolute Gasteiger partial charge is 0.317 e. The zero-order valence-corrected chi connectivity index (χ0v) is 10.6. The minimum absolute atomic E-state index is 0.0453. The Morgan fingerprint density at radius 1 is 1.24 bits per heavy atom. The minimum Gasteiger partial charge on any atom is -0.317 e. The van der Waals surface area contributed by atoms with Crippen LogP contribution in [0.1, 0.15) is 29.5 Å². The molecule has 1 heterocycles. The van der Waals surface area contributed by atoms with Crippen LogP contribution < -0.4 is 5.32 Å². The van der Waals surface area contributed by atoms with E-state index in [0.717, 1.165) is 42.6 Å². The van der Waals surface area contributed by atoms with Gasteiger partial charge in [-0.05, 0) is 62.5 Å². The molecule has 0 unspecified atom stereocenters. The summed E-state index contributed by atoms with van der Waals surface area (Å²) in [5.74, 6) is 0.152. The molecule has 1 nitrogen and oxygen atoms in total. The molecule has 0 radical (unpaired) electrons. The van der Waals surface area contributed by atoms with E-state index in [1.807, 2.05) is 32.0 Å². The monoisotopic (exact) mass is 233 g/mol. The summed E-state index contributed by atoms with van der Waals surface area (Å²) in [4.78, 5) is 0. The highest BCUT2D eigenvalue weighted by Gasteiger charge is 2.17. The molecule has 1 aromatic carbocycles. The Balaban J connectivity index is 2.22. The third-order valence-corrected chi connectivity index (χ3v) is 3.55. The van der Waals surface area contributed by atoms with Crippen molar-refractivity contribution in [2.24, 2.45) is 5.92 Å². The number of nitrogens with one attached hydrogen (secondary N) is 1. The minimum atomic E-state index is 0.0453. The van der Waals surface area contributed by atoms with Crippen LogP contribution in [0.15, 0.2) is 24.0 Å². The van der Waals surface area contributed by atoms with Gasteiger partial charge in [0.25, 0.3) is 0 Å². The molecule has 0 bridgehead atoms. The summed E-state index contributed by atoms with van der Waals surface area (Å²) >= 11 is 0. The molecule has 1 fully saturated rings. The van der Waals surface area contributed by atoms with Crippen LogP contribution in [0.3, 0.4) is 0 Å². The van der Waals surface area contributed by atoms with E-state index in [9.17, 15) is 4.39 Å².